The number of amides is 1. The number of nitrogens with two attached hydrogens (primary N) is 2. The van der Waals surface area contributed by atoms with Crippen molar-refractivity contribution in [2.75, 3.05) is 12.3 Å². The summed E-state index contributed by atoms with van der Waals surface area (Å²) in [6.45, 7) is 1.31. The Morgan fingerprint density at radius 3 is 3.06 bits per heavy atom. The number of carbonyl (C=O) groups excluding carboxylic acids is 1. The first-order valence-electron chi connectivity index (χ1n) is 5.92. The SMILES string of the molecule is Nc1nc2ccc(CN3CC[C@H](N)C3=O)cc2[nH]1. The number of likely N-dealkylation sites (tertiary alicyclic amines) is 1. The van der Waals surface area contributed by atoms with E-state index in [0.29, 0.717) is 12.5 Å². The molecule has 1 amide bonds. The average Bonchev–Trinajstić information content (AvgIpc) is 2.85. The first-order chi connectivity index (χ1) is 8.63. The Morgan fingerprint density at radius 2 is 2.33 bits per heavy atom. The van der Waals surface area contributed by atoms with Crippen LogP contribution in [0.4, 0.5) is 5.95 Å². The number of fused-ring (bicyclic) bond motifs is 1. The summed E-state index contributed by atoms with van der Waals surface area (Å²) < 4.78 is 0. The number of hydrogen-bond donors (Lipinski definition) is 3. The number of hydrogen-bond acceptors (Lipinski definition) is 4. The monoisotopic (exact) mass is 245 g/mol. The fraction of sp³-hybridized carbons (Fsp3) is 0.333. The van der Waals surface area contributed by atoms with Crippen molar-refractivity contribution < 1.29 is 4.79 Å². The number of aromatic nitrogens is 2. The number of anilines is 1. The lowest BCUT2D eigenvalue weighted by atomic mass is 10.2. The van der Waals surface area contributed by atoms with Gasteiger partial charge < -0.3 is 21.4 Å². The molecule has 0 radical (unpaired) electrons. The van der Waals surface area contributed by atoms with Gasteiger partial charge in [0.15, 0.2) is 5.95 Å². The van der Waals surface area contributed by atoms with E-state index in [1.165, 1.54) is 0 Å². The largest absolute Gasteiger partial charge is 0.369 e. The predicted molar refractivity (Wildman–Crippen MR) is 68.5 cm³/mol. The third kappa shape index (κ3) is 1.80. The minimum Gasteiger partial charge on any atom is -0.369 e. The van der Waals surface area contributed by atoms with E-state index in [1.54, 1.807) is 4.90 Å². The summed E-state index contributed by atoms with van der Waals surface area (Å²) in [5.41, 5.74) is 14.1. The lowest BCUT2D eigenvalue weighted by molar-refractivity contribution is -0.129. The summed E-state index contributed by atoms with van der Waals surface area (Å²) in [5.74, 6) is 0.431. The van der Waals surface area contributed by atoms with Crippen LogP contribution in [0.3, 0.4) is 0 Å². The average molecular weight is 245 g/mol. The summed E-state index contributed by atoms with van der Waals surface area (Å²) in [7, 11) is 0. The van der Waals surface area contributed by atoms with Crippen molar-refractivity contribution in [3.63, 3.8) is 0 Å². The topological polar surface area (TPSA) is 101 Å². The second-order valence-corrected chi connectivity index (χ2v) is 4.63. The highest BCUT2D eigenvalue weighted by molar-refractivity contribution is 5.84. The second-order valence-electron chi connectivity index (χ2n) is 4.63. The van der Waals surface area contributed by atoms with Gasteiger partial charge in [0.2, 0.25) is 5.91 Å². The molecule has 3 rings (SSSR count). The maximum Gasteiger partial charge on any atom is 0.239 e. The molecular weight excluding hydrogens is 230 g/mol. The van der Waals surface area contributed by atoms with Gasteiger partial charge in [-0.2, -0.15) is 0 Å². The zero-order valence-electron chi connectivity index (χ0n) is 9.89. The second kappa shape index (κ2) is 3.99. The van der Waals surface area contributed by atoms with E-state index in [0.717, 1.165) is 29.6 Å². The molecule has 6 heteroatoms. The number of carbonyl (C=O) groups is 1. The molecule has 1 atom stereocenters. The van der Waals surface area contributed by atoms with Gasteiger partial charge in [-0.25, -0.2) is 4.98 Å². The molecule has 0 bridgehead atoms. The smallest absolute Gasteiger partial charge is 0.239 e. The number of aromatic amines is 1. The molecule has 1 aromatic carbocycles. The number of nitrogens with one attached hydrogen (secondary N) is 1. The number of H-pyrrole nitrogens is 1. The Morgan fingerprint density at radius 1 is 1.50 bits per heavy atom. The van der Waals surface area contributed by atoms with Gasteiger partial charge in [0.25, 0.3) is 0 Å². The van der Waals surface area contributed by atoms with Gasteiger partial charge in [0.05, 0.1) is 17.1 Å². The van der Waals surface area contributed by atoms with Gasteiger partial charge in [0.1, 0.15) is 0 Å². The maximum absolute atomic E-state index is 11.7. The molecule has 1 fully saturated rings. The Hall–Kier alpha value is -2.08. The van der Waals surface area contributed by atoms with Crippen LogP contribution in [0.1, 0.15) is 12.0 Å². The van der Waals surface area contributed by atoms with E-state index in [4.69, 9.17) is 11.5 Å². The van der Waals surface area contributed by atoms with E-state index >= 15 is 0 Å². The summed E-state index contributed by atoms with van der Waals surface area (Å²) in [4.78, 5) is 20.6. The van der Waals surface area contributed by atoms with Crippen LogP contribution in [-0.2, 0) is 11.3 Å². The van der Waals surface area contributed by atoms with Crippen molar-refractivity contribution in [3.05, 3.63) is 23.8 Å². The van der Waals surface area contributed by atoms with Crippen molar-refractivity contribution in [1.82, 2.24) is 14.9 Å². The molecule has 0 spiro atoms. The summed E-state index contributed by atoms with van der Waals surface area (Å²) >= 11 is 0. The number of nitrogen functional groups attached to an aromatic ring is 1. The number of rotatable bonds is 2. The molecule has 18 heavy (non-hydrogen) atoms. The van der Waals surface area contributed by atoms with Crippen LogP contribution in [0.5, 0.6) is 0 Å². The van der Waals surface area contributed by atoms with Gasteiger partial charge in [-0.05, 0) is 24.1 Å². The summed E-state index contributed by atoms with van der Waals surface area (Å²) in [6.07, 6.45) is 0.734. The van der Waals surface area contributed by atoms with E-state index < -0.39 is 0 Å². The Bertz CT molecular complexity index is 606. The molecule has 2 aromatic rings. The molecule has 5 N–H and O–H groups in total. The van der Waals surface area contributed by atoms with Crippen LogP contribution in [0.2, 0.25) is 0 Å². The maximum atomic E-state index is 11.7. The van der Waals surface area contributed by atoms with Gasteiger partial charge in [-0.1, -0.05) is 6.07 Å². The van der Waals surface area contributed by atoms with Crippen molar-refractivity contribution >= 4 is 22.9 Å². The molecule has 94 valence electrons. The van der Waals surface area contributed by atoms with Gasteiger partial charge in [0, 0.05) is 13.1 Å². The van der Waals surface area contributed by atoms with Crippen molar-refractivity contribution in [3.8, 4) is 0 Å². The van der Waals surface area contributed by atoms with E-state index in [2.05, 4.69) is 9.97 Å². The molecule has 0 unspecified atom stereocenters. The molecular formula is C12H15N5O. The summed E-state index contributed by atoms with van der Waals surface area (Å²) in [6, 6.07) is 5.49. The van der Waals surface area contributed by atoms with Crippen molar-refractivity contribution in [1.29, 1.82) is 0 Å². The highest BCUT2D eigenvalue weighted by atomic mass is 16.2. The molecule has 1 aliphatic rings. The molecule has 6 nitrogen and oxygen atoms in total. The molecule has 2 heterocycles. The van der Waals surface area contributed by atoms with Crippen LogP contribution < -0.4 is 11.5 Å². The molecule has 1 saturated heterocycles. The van der Waals surface area contributed by atoms with Gasteiger partial charge >= 0.3 is 0 Å². The van der Waals surface area contributed by atoms with Crippen LogP contribution in [-0.4, -0.2) is 33.4 Å². The third-order valence-electron chi connectivity index (χ3n) is 3.28. The van der Waals surface area contributed by atoms with Gasteiger partial charge in [-0.3, -0.25) is 4.79 Å². The first-order valence-corrected chi connectivity index (χ1v) is 5.92. The fourth-order valence-electron chi connectivity index (χ4n) is 2.32. The van der Waals surface area contributed by atoms with E-state index in [1.807, 2.05) is 18.2 Å². The minimum absolute atomic E-state index is 0.0271. The van der Waals surface area contributed by atoms with Crippen molar-refractivity contribution in [2.24, 2.45) is 5.73 Å². The Balaban J connectivity index is 1.84. The number of imidazole rings is 1. The Labute approximate surface area is 104 Å². The van der Waals surface area contributed by atoms with Crippen LogP contribution in [0.15, 0.2) is 18.2 Å². The van der Waals surface area contributed by atoms with Crippen LogP contribution in [0.25, 0.3) is 11.0 Å². The van der Waals surface area contributed by atoms with E-state index in [-0.39, 0.29) is 11.9 Å². The Kier molecular flexibility index (Phi) is 2.45. The quantitative estimate of drug-likeness (QED) is 0.703. The molecule has 0 aliphatic carbocycles. The normalized spacial score (nSPS) is 19.9. The highest BCUT2D eigenvalue weighted by Crippen LogP contribution is 2.18. The highest BCUT2D eigenvalue weighted by Gasteiger charge is 2.28. The molecule has 0 saturated carbocycles. The standard InChI is InChI=1S/C12H15N5O/c13-8-3-4-17(11(8)18)6-7-1-2-9-10(5-7)16-12(14)15-9/h1-2,5,8H,3-4,6,13H2,(H3,14,15,16)/t8-/m0/s1. The predicted octanol–water partition coefficient (Wildman–Crippen LogP) is 0.205. The van der Waals surface area contributed by atoms with Crippen LogP contribution >= 0.6 is 0 Å². The third-order valence-corrected chi connectivity index (χ3v) is 3.28. The zero-order chi connectivity index (χ0) is 12.7. The van der Waals surface area contributed by atoms with Crippen molar-refractivity contribution in [2.45, 2.75) is 19.0 Å². The number of nitrogens with zero attached hydrogens (tertiary/aromatic N) is 2. The van der Waals surface area contributed by atoms with Gasteiger partial charge in [-0.15, -0.1) is 0 Å². The number of benzene rings is 1. The lowest BCUT2D eigenvalue weighted by Crippen LogP contribution is -2.33. The molecule has 1 aliphatic heterocycles. The lowest BCUT2D eigenvalue weighted by Gasteiger charge is -2.15. The summed E-state index contributed by atoms with van der Waals surface area (Å²) in [5, 5.41) is 0. The fourth-order valence-corrected chi connectivity index (χ4v) is 2.32. The molecule has 1 aromatic heterocycles. The van der Waals surface area contributed by atoms with E-state index in [9.17, 15) is 4.79 Å². The zero-order valence-corrected chi connectivity index (χ0v) is 9.89. The van der Waals surface area contributed by atoms with Crippen LogP contribution in [0, 0.1) is 0 Å². The first kappa shape index (κ1) is 11.0. The minimum atomic E-state index is -0.337.